The number of pyridine rings is 1. The van der Waals surface area contributed by atoms with Gasteiger partial charge in [0.2, 0.25) is 5.43 Å². The van der Waals surface area contributed by atoms with Gasteiger partial charge in [0.15, 0.2) is 0 Å². The molecule has 2 aromatic carbocycles. The van der Waals surface area contributed by atoms with E-state index in [1.54, 1.807) is 13.0 Å². The summed E-state index contributed by atoms with van der Waals surface area (Å²) in [5.74, 6) is -1.18. The first-order valence-corrected chi connectivity index (χ1v) is 9.89. The monoisotopic (exact) mass is 398 g/mol. The standard InChI is InChI=1S/C21H19FN2O3S/c1-3-27-21(26)18-19(25)15-8-16(22)14(13-6-4-12(10-23)5-7-13)9-17(15)24-11(2)28-20(18)24/h4-9,11H,3,10,23H2,1-2H3. The molecule has 2 heterocycles. The summed E-state index contributed by atoms with van der Waals surface area (Å²) in [7, 11) is 0. The molecular formula is C21H19FN2O3S. The first kappa shape index (κ1) is 18.7. The number of thioether (sulfide) groups is 1. The predicted octanol–water partition coefficient (Wildman–Crippen LogP) is 4.07. The molecule has 0 bridgehead atoms. The largest absolute Gasteiger partial charge is 0.462 e. The van der Waals surface area contributed by atoms with Crippen molar-refractivity contribution in [2.24, 2.45) is 5.73 Å². The molecule has 0 radical (unpaired) electrons. The Labute approximate surface area is 165 Å². The lowest BCUT2D eigenvalue weighted by Gasteiger charge is -2.33. The Morgan fingerprint density at radius 2 is 2.00 bits per heavy atom. The van der Waals surface area contributed by atoms with Gasteiger partial charge in [0, 0.05) is 17.5 Å². The molecule has 0 saturated carbocycles. The zero-order chi connectivity index (χ0) is 20.0. The normalized spacial score (nSPS) is 15.2. The van der Waals surface area contributed by atoms with Crippen LogP contribution >= 0.6 is 11.8 Å². The van der Waals surface area contributed by atoms with E-state index in [1.807, 2.05) is 35.8 Å². The molecule has 0 amide bonds. The quantitative estimate of drug-likeness (QED) is 0.671. The minimum Gasteiger partial charge on any atom is -0.462 e. The molecule has 1 atom stereocenters. The van der Waals surface area contributed by atoms with Gasteiger partial charge in [0.1, 0.15) is 11.4 Å². The number of nitrogens with zero attached hydrogens (tertiary/aromatic N) is 1. The van der Waals surface area contributed by atoms with E-state index in [0.29, 0.717) is 28.2 Å². The molecule has 0 fully saturated rings. The Bertz CT molecular complexity index is 1160. The lowest BCUT2D eigenvalue weighted by Crippen LogP contribution is -2.29. The minimum absolute atomic E-state index is 0.0168. The number of rotatable bonds is 4. The van der Waals surface area contributed by atoms with Gasteiger partial charge in [-0.25, -0.2) is 9.18 Å². The SMILES string of the molecule is CCOC(=O)c1c2n(c3cc(-c4ccc(CN)cc4)c(F)cc3c1=O)C(C)S2. The summed E-state index contributed by atoms with van der Waals surface area (Å²) in [5.41, 5.74) is 7.78. The molecule has 0 spiro atoms. The summed E-state index contributed by atoms with van der Waals surface area (Å²) in [5, 5.41) is 0.780. The number of carbonyl (C=O) groups is 1. The number of nitrogens with two attached hydrogens (primary N) is 1. The van der Waals surface area contributed by atoms with E-state index in [-0.39, 0.29) is 22.9 Å². The fraction of sp³-hybridized carbons (Fsp3) is 0.238. The van der Waals surface area contributed by atoms with Crippen LogP contribution in [-0.2, 0) is 11.3 Å². The van der Waals surface area contributed by atoms with E-state index >= 15 is 0 Å². The van der Waals surface area contributed by atoms with Gasteiger partial charge in [0.25, 0.3) is 0 Å². The molecule has 4 rings (SSSR count). The van der Waals surface area contributed by atoms with Crippen molar-refractivity contribution in [3.05, 3.63) is 63.6 Å². The Morgan fingerprint density at radius 1 is 1.29 bits per heavy atom. The highest BCUT2D eigenvalue weighted by molar-refractivity contribution is 8.00. The van der Waals surface area contributed by atoms with E-state index < -0.39 is 17.2 Å². The number of esters is 1. The average molecular weight is 398 g/mol. The number of carbonyl (C=O) groups excluding carboxylic acids is 1. The van der Waals surface area contributed by atoms with Gasteiger partial charge in [-0.05, 0) is 37.1 Å². The van der Waals surface area contributed by atoms with Crippen LogP contribution in [0.15, 0.2) is 46.2 Å². The van der Waals surface area contributed by atoms with Gasteiger partial charge >= 0.3 is 5.97 Å². The molecule has 1 aliphatic heterocycles. The second-order valence-corrected chi connectivity index (χ2v) is 7.87. The molecule has 0 aliphatic carbocycles. The lowest BCUT2D eigenvalue weighted by molar-refractivity contribution is 0.0518. The van der Waals surface area contributed by atoms with E-state index in [1.165, 1.54) is 17.8 Å². The summed E-state index contributed by atoms with van der Waals surface area (Å²) in [6.45, 7) is 4.23. The topological polar surface area (TPSA) is 74.3 Å². The molecule has 28 heavy (non-hydrogen) atoms. The van der Waals surface area contributed by atoms with Crippen molar-refractivity contribution in [3.8, 4) is 11.1 Å². The van der Waals surface area contributed by atoms with Crippen LogP contribution in [-0.4, -0.2) is 17.1 Å². The Morgan fingerprint density at radius 3 is 2.61 bits per heavy atom. The van der Waals surface area contributed by atoms with Gasteiger partial charge in [-0.3, -0.25) is 4.79 Å². The number of fused-ring (bicyclic) bond motifs is 3. The van der Waals surface area contributed by atoms with E-state index in [0.717, 1.165) is 5.56 Å². The van der Waals surface area contributed by atoms with Crippen molar-refractivity contribution < 1.29 is 13.9 Å². The first-order chi connectivity index (χ1) is 13.5. The molecule has 0 saturated heterocycles. The maximum Gasteiger partial charge on any atom is 0.344 e. The van der Waals surface area contributed by atoms with Crippen LogP contribution in [0.1, 0.15) is 35.1 Å². The summed E-state index contributed by atoms with van der Waals surface area (Å²) in [4.78, 5) is 25.2. The lowest BCUT2D eigenvalue weighted by atomic mass is 10.0. The maximum atomic E-state index is 14.9. The fourth-order valence-corrected chi connectivity index (χ4v) is 4.62. The average Bonchev–Trinajstić information content (AvgIpc) is 2.68. The molecular weight excluding hydrogens is 379 g/mol. The van der Waals surface area contributed by atoms with Gasteiger partial charge < -0.3 is 15.0 Å². The zero-order valence-corrected chi connectivity index (χ0v) is 16.3. The van der Waals surface area contributed by atoms with Crippen LogP contribution in [0.2, 0.25) is 0 Å². The highest BCUT2D eigenvalue weighted by Crippen LogP contribution is 2.46. The molecule has 1 aliphatic rings. The van der Waals surface area contributed by atoms with Crippen molar-refractivity contribution in [1.29, 1.82) is 0 Å². The summed E-state index contributed by atoms with van der Waals surface area (Å²) < 4.78 is 21.8. The second kappa shape index (κ2) is 7.07. The van der Waals surface area contributed by atoms with Gasteiger partial charge in [-0.2, -0.15) is 0 Å². The smallest absolute Gasteiger partial charge is 0.344 e. The van der Waals surface area contributed by atoms with Crippen LogP contribution in [0.5, 0.6) is 0 Å². The Hall–Kier alpha value is -2.64. The molecule has 2 N–H and O–H groups in total. The van der Waals surface area contributed by atoms with Crippen LogP contribution in [0.4, 0.5) is 4.39 Å². The second-order valence-electron chi connectivity index (χ2n) is 6.57. The predicted molar refractivity (Wildman–Crippen MR) is 108 cm³/mol. The van der Waals surface area contributed by atoms with Crippen molar-refractivity contribution >= 4 is 28.6 Å². The van der Waals surface area contributed by atoms with E-state index in [2.05, 4.69) is 0 Å². The van der Waals surface area contributed by atoms with Crippen molar-refractivity contribution in [2.45, 2.75) is 30.8 Å². The summed E-state index contributed by atoms with van der Waals surface area (Å²) in [6.07, 6.45) is 0. The number of halogens is 1. The van der Waals surface area contributed by atoms with E-state index in [4.69, 9.17) is 10.5 Å². The van der Waals surface area contributed by atoms with Crippen LogP contribution in [0.25, 0.3) is 22.0 Å². The molecule has 1 unspecified atom stereocenters. The highest BCUT2D eigenvalue weighted by atomic mass is 32.2. The number of hydrogen-bond acceptors (Lipinski definition) is 5. The zero-order valence-electron chi connectivity index (χ0n) is 15.5. The summed E-state index contributed by atoms with van der Waals surface area (Å²) in [6, 6.07) is 10.2. The Kier molecular flexibility index (Phi) is 4.72. The third-order valence-electron chi connectivity index (χ3n) is 4.88. The van der Waals surface area contributed by atoms with Crippen molar-refractivity contribution in [1.82, 2.24) is 4.57 Å². The number of aromatic nitrogens is 1. The number of benzene rings is 2. The Balaban J connectivity index is 1.96. The van der Waals surface area contributed by atoms with Crippen molar-refractivity contribution in [2.75, 3.05) is 6.61 Å². The van der Waals surface area contributed by atoms with Crippen molar-refractivity contribution in [3.63, 3.8) is 0 Å². The number of ether oxygens (including phenoxy) is 1. The number of hydrogen-bond donors (Lipinski definition) is 1. The maximum absolute atomic E-state index is 14.9. The third kappa shape index (κ3) is 2.82. The van der Waals surface area contributed by atoms with Crippen LogP contribution in [0.3, 0.4) is 0 Å². The molecule has 7 heteroatoms. The minimum atomic E-state index is -0.667. The molecule has 3 aromatic rings. The van der Waals surface area contributed by atoms with Gasteiger partial charge in [-0.1, -0.05) is 36.0 Å². The molecule has 5 nitrogen and oxygen atoms in total. The molecule has 144 valence electrons. The van der Waals surface area contributed by atoms with Gasteiger partial charge in [-0.15, -0.1) is 0 Å². The third-order valence-corrected chi connectivity index (χ3v) is 6.05. The first-order valence-electron chi connectivity index (χ1n) is 9.01. The summed E-state index contributed by atoms with van der Waals surface area (Å²) >= 11 is 1.43. The van der Waals surface area contributed by atoms with E-state index in [9.17, 15) is 14.0 Å². The van der Waals surface area contributed by atoms with Crippen LogP contribution in [0, 0.1) is 5.82 Å². The highest BCUT2D eigenvalue weighted by Gasteiger charge is 2.33. The van der Waals surface area contributed by atoms with Gasteiger partial charge in [0.05, 0.1) is 22.5 Å². The van der Waals surface area contributed by atoms with Crippen LogP contribution < -0.4 is 11.2 Å². The molecule has 1 aromatic heterocycles. The fourth-order valence-electron chi connectivity index (χ4n) is 3.47.